The first kappa shape index (κ1) is 15.8. The van der Waals surface area contributed by atoms with Crippen LogP contribution in [0.3, 0.4) is 0 Å². The maximum Gasteiger partial charge on any atom is 0.247 e. The number of amides is 1. The van der Waals surface area contributed by atoms with Crippen molar-refractivity contribution < 1.29 is 4.79 Å². The van der Waals surface area contributed by atoms with Gasteiger partial charge in [-0.1, -0.05) is 29.8 Å². The van der Waals surface area contributed by atoms with Crippen LogP contribution in [-0.4, -0.2) is 31.9 Å². The summed E-state index contributed by atoms with van der Waals surface area (Å²) in [5.74, 6) is 0.812. The van der Waals surface area contributed by atoms with Crippen LogP contribution in [0.15, 0.2) is 54.7 Å². The average molecular weight is 353 g/mol. The summed E-state index contributed by atoms with van der Waals surface area (Å²) in [4.78, 5) is 14.6. The smallest absolute Gasteiger partial charge is 0.247 e. The fraction of sp³-hybridized carbons (Fsp3) is 0.211. The van der Waals surface area contributed by atoms with Crippen LogP contribution in [0, 0.1) is 0 Å². The Morgan fingerprint density at radius 1 is 1.16 bits per heavy atom. The van der Waals surface area contributed by atoms with Crippen molar-refractivity contribution in [1.29, 1.82) is 0 Å². The van der Waals surface area contributed by atoms with E-state index in [2.05, 4.69) is 10.2 Å². The third-order valence-corrected chi connectivity index (χ3v) is 4.71. The van der Waals surface area contributed by atoms with E-state index in [1.807, 2.05) is 64.0 Å². The number of rotatable bonds is 3. The summed E-state index contributed by atoms with van der Waals surface area (Å²) in [5.41, 5.74) is 1.75. The van der Waals surface area contributed by atoms with Gasteiger partial charge in [-0.25, -0.2) is 0 Å². The van der Waals surface area contributed by atoms with Crippen molar-refractivity contribution in [3.05, 3.63) is 71.1 Å². The van der Waals surface area contributed by atoms with Crippen LogP contribution >= 0.6 is 11.6 Å². The third-order valence-electron chi connectivity index (χ3n) is 4.46. The third kappa shape index (κ3) is 3.15. The number of hydrogen-bond donors (Lipinski definition) is 0. The number of likely N-dealkylation sites (tertiary alicyclic amines) is 1. The maximum absolute atomic E-state index is 12.7. The Morgan fingerprint density at radius 2 is 2.00 bits per heavy atom. The lowest BCUT2D eigenvalue weighted by Gasteiger charge is -2.22. The minimum absolute atomic E-state index is 0.00914. The lowest BCUT2D eigenvalue weighted by atomic mass is 10.2. The Bertz CT molecular complexity index is 932. The Labute approximate surface area is 150 Å². The molecule has 1 amide bonds. The molecule has 126 valence electrons. The summed E-state index contributed by atoms with van der Waals surface area (Å²) in [7, 11) is 0. The lowest BCUT2D eigenvalue weighted by Crippen LogP contribution is -2.30. The number of hydrogen-bond acceptors (Lipinski definition) is 3. The lowest BCUT2D eigenvalue weighted by molar-refractivity contribution is -0.127. The van der Waals surface area contributed by atoms with Crippen molar-refractivity contribution in [1.82, 2.24) is 19.5 Å². The molecule has 0 aliphatic carbocycles. The molecule has 5 nitrogen and oxygen atoms in total. The topological polar surface area (TPSA) is 50.5 Å². The summed E-state index contributed by atoms with van der Waals surface area (Å²) in [6, 6.07) is 13.2. The molecule has 1 aliphatic rings. The van der Waals surface area contributed by atoms with E-state index in [0.717, 1.165) is 36.4 Å². The van der Waals surface area contributed by atoms with E-state index in [9.17, 15) is 4.79 Å². The van der Waals surface area contributed by atoms with Gasteiger partial charge >= 0.3 is 0 Å². The minimum atomic E-state index is -0.0419. The van der Waals surface area contributed by atoms with Gasteiger partial charge < -0.3 is 4.90 Å². The van der Waals surface area contributed by atoms with E-state index in [-0.39, 0.29) is 11.9 Å². The summed E-state index contributed by atoms with van der Waals surface area (Å²) in [5, 5.41) is 9.20. The predicted octanol–water partition coefficient (Wildman–Crippen LogP) is 3.76. The number of fused-ring (bicyclic) bond motifs is 1. The van der Waals surface area contributed by atoms with Crippen LogP contribution in [0.25, 0.3) is 11.7 Å². The van der Waals surface area contributed by atoms with E-state index in [4.69, 9.17) is 11.6 Å². The maximum atomic E-state index is 12.7. The molecule has 3 heterocycles. The Morgan fingerprint density at radius 3 is 2.84 bits per heavy atom. The highest BCUT2D eigenvalue weighted by Crippen LogP contribution is 2.31. The highest BCUT2D eigenvalue weighted by molar-refractivity contribution is 6.30. The van der Waals surface area contributed by atoms with E-state index in [0.29, 0.717) is 5.02 Å². The first-order chi connectivity index (χ1) is 12.2. The van der Waals surface area contributed by atoms with Crippen LogP contribution in [0.1, 0.15) is 30.3 Å². The largest absolute Gasteiger partial charge is 0.329 e. The van der Waals surface area contributed by atoms with Crippen molar-refractivity contribution in [2.75, 3.05) is 6.54 Å². The number of carbonyl (C=O) groups is 1. The van der Waals surface area contributed by atoms with Crippen LogP contribution in [0.4, 0.5) is 0 Å². The van der Waals surface area contributed by atoms with Crippen molar-refractivity contribution >= 4 is 29.2 Å². The summed E-state index contributed by atoms with van der Waals surface area (Å²) in [6.07, 6.45) is 7.24. The molecule has 1 atom stereocenters. The molecule has 0 spiro atoms. The zero-order valence-electron chi connectivity index (χ0n) is 13.5. The second-order valence-corrected chi connectivity index (χ2v) is 6.50. The van der Waals surface area contributed by atoms with Crippen LogP contribution in [0.2, 0.25) is 5.02 Å². The summed E-state index contributed by atoms with van der Waals surface area (Å²) < 4.78 is 1.96. The molecule has 6 heteroatoms. The van der Waals surface area contributed by atoms with Gasteiger partial charge in [0.1, 0.15) is 0 Å². The Balaban J connectivity index is 1.56. The number of carbonyl (C=O) groups excluding carboxylic acids is 1. The van der Waals surface area contributed by atoms with Gasteiger partial charge in [0.05, 0.1) is 6.04 Å². The molecule has 1 fully saturated rings. The molecule has 1 saturated heterocycles. The van der Waals surface area contributed by atoms with Gasteiger partial charge in [-0.15, -0.1) is 10.2 Å². The molecule has 0 bridgehead atoms. The van der Waals surface area contributed by atoms with Crippen molar-refractivity contribution in [2.24, 2.45) is 0 Å². The van der Waals surface area contributed by atoms with E-state index >= 15 is 0 Å². The number of halogens is 1. The molecule has 4 rings (SSSR count). The molecule has 0 saturated carbocycles. The van der Waals surface area contributed by atoms with Gasteiger partial charge in [0.15, 0.2) is 11.5 Å². The summed E-state index contributed by atoms with van der Waals surface area (Å²) in [6.45, 7) is 0.732. The fourth-order valence-corrected chi connectivity index (χ4v) is 3.35. The van der Waals surface area contributed by atoms with E-state index in [1.165, 1.54) is 0 Å². The number of aromatic nitrogens is 3. The van der Waals surface area contributed by atoms with Gasteiger partial charge in [-0.3, -0.25) is 9.20 Å². The van der Waals surface area contributed by atoms with Gasteiger partial charge in [0.2, 0.25) is 5.91 Å². The predicted molar refractivity (Wildman–Crippen MR) is 97.2 cm³/mol. The Kier molecular flexibility index (Phi) is 4.24. The standard InChI is InChI=1S/C19H17ClN4O/c20-15-9-6-14(7-10-15)8-11-18(25)23-13-3-4-16(23)19-22-21-17-5-1-2-12-24(17)19/h1-2,5-12,16H,3-4,13H2/b11-8+. The average Bonchev–Trinajstić information content (AvgIpc) is 3.27. The zero-order chi connectivity index (χ0) is 17.2. The van der Waals surface area contributed by atoms with Gasteiger partial charge in [0.25, 0.3) is 0 Å². The highest BCUT2D eigenvalue weighted by atomic mass is 35.5. The number of benzene rings is 1. The van der Waals surface area contributed by atoms with E-state index in [1.54, 1.807) is 6.08 Å². The second-order valence-electron chi connectivity index (χ2n) is 6.06. The number of pyridine rings is 1. The molecule has 1 aromatic carbocycles. The molecule has 2 aromatic heterocycles. The zero-order valence-corrected chi connectivity index (χ0v) is 14.3. The first-order valence-corrected chi connectivity index (χ1v) is 8.64. The van der Waals surface area contributed by atoms with Crippen molar-refractivity contribution in [3.63, 3.8) is 0 Å². The van der Waals surface area contributed by atoms with Gasteiger partial charge in [-0.2, -0.15) is 0 Å². The SMILES string of the molecule is O=C(/C=C/c1ccc(Cl)cc1)N1CCCC1c1nnc2ccccn12. The Hall–Kier alpha value is -2.66. The van der Waals surface area contributed by atoms with Gasteiger partial charge in [0, 0.05) is 23.8 Å². The molecular weight excluding hydrogens is 336 g/mol. The highest BCUT2D eigenvalue weighted by Gasteiger charge is 2.32. The monoisotopic (exact) mass is 352 g/mol. The molecule has 3 aromatic rings. The fourth-order valence-electron chi connectivity index (χ4n) is 3.22. The first-order valence-electron chi connectivity index (χ1n) is 8.26. The number of nitrogens with zero attached hydrogens (tertiary/aromatic N) is 4. The van der Waals surface area contributed by atoms with Gasteiger partial charge in [-0.05, 0) is 48.7 Å². The van der Waals surface area contributed by atoms with E-state index < -0.39 is 0 Å². The molecule has 0 N–H and O–H groups in total. The van der Waals surface area contributed by atoms with Crippen molar-refractivity contribution in [3.8, 4) is 0 Å². The summed E-state index contributed by atoms with van der Waals surface area (Å²) >= 11 is 5.89. The normalized spacial score (nSPS) is 17.6. The molecule has 0 radical (unpaired) electrons. The van der Waals surface area contributed by atoms with Crippen LogP contribution in [0.5, 0.6) is 0 Å². The van der Waals surface area contributed by atoms with Crippen LogP contribution in [-0.2, 0) is 4.79 Å². The van der Waals surface area contributed by atoms with Crippen molar-refractivity contribution in [2.45, 2.75) is 18.9 Å². The second kappa shape index (κ2) is 6.69. The molecular formula is C19H17ClN4O. The quantitative estimate of drug-likeness (QED) is 0.674. The van der Waals surface area contributed by atoms with Crippen LogP contribution < -0.4 is 0 Å². The minimum Gasteiger partial charge on any atom is -0.329 e. The molecule has 1 aliphatic heterocycles. The molecule has 1 unspecified atom stereocenters. The molecule has 25 heavy (non-hydrogen) atoms.